The van der Waals surface area contributed by atoms with Gasteiger partial charge in [0.1, 0.15) is 5.82 Å². The maximum atomic E-state index is 4.51. The van der Waals surface area contributed by atoms with Gasteiger partial charge >= 0.3 is 0 Å². The molecule has 0 bridgehead atoms. The maximum Gasteiger partial charge on any atom is 0.113 e. The summed E-state index contributed by atoms with van der Waals surface area (Å²) in [6.45, 7) is 4.43. The van der Waals surface area contributed by atoms with Gasteiger partial charge in [-0.3, -0.25) is 0 Å². The molecule has 3 heterocycles. The lowest BCUT2D eigenvalue weighted by atomic mass is 9.95. The molecular formula is C14H19N3. The molecule has 0 saturated carbocycles. The standard InChI is InChI=1S/C14H19N3/c1-2-14-16-10-12-6-3-7-13(17(12)14)11-5-4-8-15-9-11/h3,6-7,10-11,15H,2,4-5,8-9H2,1H3. The molecule has 1 aliphatic heterocycles. The third-order valence-electron chi connectivity index (χ3n) is 3.69. The molecule has 0 radical (unpaired) electrons. The smallest absolute Gasteiger partial charge is 0.113 e. The number of nitrogens with one attached hydrogen (secondary N) is 1. The topological polar surface area (TPSA) is 29.3 Å². The van der Waals surface area contributed by atoms with Crippen LogP contribution < -0.4 is 5.32 Å². The van der Waals surface area contributed by atoms with Crippen molar-refractivity contribution in [3.05, 3.63) is 35.9 Å². The van der Waals surface area contributed by atoms with E-state index in [9.17, 15) is 0 Å². The predicted octanol–water partition coefficient (Wildman–Crippen LogP) is 2.36. The molecule has 3 rings (SSSR count). The van der Waals surface area contributed by atoms with E-state index in [1.165, 1.54) is 29.9 Å². The van der Waals surface area contributed by atoms with Crippen molar-refractivity contribution in [1.29, 1.82) is 0 Å². The first-order chi connectivity index (χ1) is 8.40. The summed E-state index contributed by atoms with van der Waals surface area (Å²) in [7, 11) is 0. The highest BCUT2D eigenvalue weighted by Crippen LogP contribution is 2.25. The van der Waals surface area contributed by atoms with Crippen molar-refractivity contribution in [1.82, 2.24) is 14.7 Å². The van der Waals surface area contributed by atoms with Gasteiger partial charge in [0.05, 0.1) is 11.7 Å². The van der Waals surface area contributed by atoms with Crippen LogP contribution in [0, 0.1) is 0 Å². The minimum Gasteiger partial charge on any atom is -0.316 e. The van der Waals surface area contributed by atoms with E-state index in [1.54, 1.807) is 0 Å². The fourth-order valence-electron chi connectivity index (χ4n) is 2.81. The number of imidazole rings is 1. The summed E-state index contributed by atoms with van der Waals surface area (Å²) in [6.07, 6.45) is 5.54. The van der Waals surface area contributed by atoms with Crippen molar-refractivity contribution < 1.29 is 0 Å². The first-order valence-corrected chi connectivity index (χ1v) is 6.56. The van der Waals surface area contributed by atoms with Crippen LogP contribution in [0.3, 0.4) is 0 Å². The minimum absolute atomic E-state index is 0.631. The SMILES string of the molecule is CCc1ncc2cccc(C3CCCNC3)n12. The Morgan fingerprint density at radius 2 is 2.41 bits per heavy atom. The Balaban J connectivity index is 2.10. The third kappa shape index (κ3) is 1.84. The van der Waals surface area contributed by atoms with E-state index in [0.29, 0.717) is 5.92 Å². The zero-order chi connectivity index (χ0) is 11.7. The highest BCUT2D eigenvalue weighted by Gasteiger charge is 2.18. The summed E-state index contributed by atoms with van der Waals surface area (Å²) in [5.74, 6) is 1.81. The van der Waals surface area contributed by atoms with E-state index in [4.69, 9.17) is 0 Å². The fraction of sp³-hybridized carbons (Fsp3) is 0.500. The van der Waals surface area contributed by atoms with Crippen LogP contribution in [0.25, 0.3) is 5.52 Å². The second-order valence-corrected chi connectivity index (χ2v) is 4.78. The summed E-state index contributed by atoms with van der Waals surface area (Å²) in [4.78, 5) is 4.51. The van der Waals surface area contributed by atoms with Crippen LogP contribution in [0.15, 0.2) is 24.4 Å². The molecular weight excluding hydrogens is 210 g/mol. The first-order valence-electron chi connectivity index (χ1n) is 6.56. The van der Waals surface area contributed by atoms with Gasteiger partial charge in [-0.2, -0.15) is 0 Å². The van der Waals surface area contributed by atoms with Gasteiger partial charge in [0.2, 0.25) is 0 Å². The number of fused-ring (bicyclic) bond motifs is 1. The second-order valence-electron chi connectivity index (χ2n) is 4.78. The largest absolute Gasteiger partial charge is 0.316 e. The average Bonchev–Trinajstić information content (AvgIpc) is 2.82. The van der Waals surface area contributed by atoms with Crippen LogP contribution >= 0.6 is 0 Å². The second kappa shape index (κ2) is 4.49. The molecule has 1 atom stereocenters. The number of aryl methyl sites for hydroxylation is 1. The molecule has 3 nitrogen and oxygen atoms in total. The van der Waals surface area contributed by atoms with E-state index in [1.807, 2.05) is 6.20 Å². The molecule has 2 aromatic heterocycles. The lowest BCUT2D eigenvalue weighted by Gasteiger charge is -2.24. The molecule has 0 aromatic carbocycles. The van der Waals surface area contributed by atoms with Crippen LogP contribution in [-0.2, 0) is 6.42 Å². The summed E-state index contributed by atoms with van der Waals surface area (Å²) < 4.78 is 2.34. The normalized spacial score (nSPS) is 20.9. The third-order valence-corrected chi connectivity index (χ3v) is 3.69. The zero-order valence-electron chi connectivity index (χ0n) is 10.3. The van der Waals surface area contributed by atoms with Gasteiger partial charge < -0.3 is 9.72 Å². The van der Waals surface area contributed by atoms with Gasteiger partial charge in [0.15, 0.2) is 0 Å². The van der Waals surface area contributed by atoms with Gasteiger partial charge in [-0.15, -0.1) is 0 Å². The maximum absolute atomic E-state index is 4.51. The Labute approximate surface area is 102 Å². The van der Waals surface area contributed by atoms with Crippen LogP contribution in [-0.4, -0.2) is 22.5 Å². The predicted molar refractivity (Wildman–Crippen MR) is 69.4 cm³/mol. The van der Waals surface area contributed by atoms with E-state index in [0.717, 1.165) is 19.5 Å². The van der Waals surface area contributed by atoms with Gasteiger partial charge in [-0.25, -0.2) is 4.98 Å². The Hall–Kier alpha value is -1.35. The quantitative estimate of drug-likeness (QED) is 0.856. The molecule has 1 fully saturated rings. The molecule has 1 aliphatic rings. The summed E-state index contributed by atoms with van der Waals surface area (Å²) in [6, 6.07) is 6.55. The van der Waals surface area contributed by atoms with Crippen molar-refractivity contribution in [2.75, 3.05) is 13.1 Å². The van der Waals surface area contributed by atoms with Gasteiger partial charge in [0.25, 0.3) is 0 Å². The highest BCUT2D eigenvalue weighted by atomic mass is 15.0. The fourth-order valence-corrected chi connectivity index (χ4v) is 2.81. The Kier molecular flexibility index (Phi) is 2.85. The summed E-state index contributed by atoms with van der Waals surface area (Å²) in [5, 5.41) is 3.49. The molecule has 0 amide bonds. The molecule has 0 aliphatic carbocycles. The number of hydrogen-bond donors (Lipinski definition) is 1. The van der Waals surface area contributed by atoms with E-state index >= 15 is 0 Å². The van der Waals surface area contributed by atoms with Crippen LogP contribution in [0.1, 0.15) is 37.2 Å². The highest BCUT2D eigenvalue weighted by molar-refractivity contribution is 5.48. The average molecular weight is 229 g/mol. The summed E-state index contributed by atoms with van der Waals surface area (Å²) >= 11 is 0. The lowest BCUT2D eigenvalue weighted by molar-refractivity contribution is 0.451. The molecule has 1 unspecified atom stereocenters. The van der Waals surface area contributed by atoms with Crippen molar-refractivity contribution in [3.63, 3.8) is 0 Å². The van der Waals surface area contributed by atoms with Gasteiger partial charge in [-0.1, -0.05) is 13.0 Å². The number of hydrogen-bond acceptors (Lipinski definition) is 2. The number of aromatic nitrogens is 2. The zero-order valence-corrected chi connectivity index (χ0v) is 10.3. The number of rotatable bonds is 2. The van der Waals surface area contributed by atoms with Crippen LogP contribution in [0.5, 0.6) is 0 Å². The Morgan fingerprint density at radius 1 is 1.47 bits per heavy atom. The van der Waals surface area contributed by atoms with Crippen molar-refractivity contribution in [2.24, 2.45) is 0 Å². The molecule has 1 N–H and O–H groups in total. The Morgan fingerprint density at radius 3 is 3.18 bits per heavy atom. The molecule has 90 valence electrons. The number of pyridine rings is 1. The lowest BCUT2D eigenvalue weighted by Crippen LogP contribution is -2.29. The molecule has 2 aromatic rings. The van der Waals surface area contributed by atoms with Crippen molar-refractivity contribution >= 4 is 5.52 Å². The monoisotopic (exact) mass is 229 g/mol. The molecule has 0 spiro atoms. The van der Waals surface area contributed by atoms with Gasteiger partial charge in [0, 0.05) is 24.6 Å². The van der Waals surface area contributed by atoms with E-state index in [-0.39, 0.29) is 0 Å². The van der Waals surface area contributed by atoms with Crippen LogP contribution in [0.4, 0.5) is 0 Å². The van der Waals surface area contributed by atoms with Crippen molar-refractivity contribution in [3.8, 4) is 0 Å². The van der Waals surface area contributed by atoms with E-state index < -0.39 is 0 Å². The minimum atomic E-state index is 0.631. The first kappa shape index (κ1) is 10.8. The van der Waals surface area contributed by atoms with Gasteiger partial charge in [-0.05, 0) is 31.5 Å². The molecule has 1 saturated heterocycles. The van der Waals surface area contributed by atoms with Crippen LogP contribution in [0.2, 0.25) is 0 Å². The number of piperidine rings is 1. The van der Waals surface area contributed by atoms with Crippen molar-refractivity contribution in [2.45, 2.75) is 32.1 Å². The summed E-state index contributed by atoms with van der Waals surface area (Å²) in [5.41, 5.74) is 2.65. The number of nitrogens with zero attached hydrogens (tertiary/aromatic N) is 2. The molecule has 17 heavy (non-hydrogen) atoms. The van der Waals surface area contributed by atoms with E-state index in [2.05, 4.69) is 39.8 Å². The molecule has 3 heteroatoms. The Bertz CT molecular complexity index is 509.